The Labute approximate surface area is 120 Å². The molecule has 0 aliphatic carbocycles. The first-order chi connectivity index (χ1) is 9.75. The summed E-state index contributed by atoms with van der Waals surface area (Å²) in [5, 5.41) is 7.19. The van der Waals surface area contributed by atoms with E-state index in [2.05, 4.69) is 22.2 Å². The van der Waals surface area contributed by atoms with E-state index in [9.17, 15) is 4.79 Å². The maximum atomic E-state index is 11.8. The van der Waals surface area contributed by atoms with Gasteiger partial charge < -0.3 is 10.3 Å². The van der Waals surface area contributed by atoms with Crippen molar-refractivity contribution in [3.8, 4) is 0 Å². The minimum Gasteiger partial charge on any atom is -0.328 e. The number of benzene rings is 1. The van der Waals surface area contributed by atoms with Gasteiger partial charge in [-0.1, -0.05) is 18.2 Å². The topological polar surface area (TPSA) is 57.8 Å². The summed E-state index contributed by atoms with van der Waals surface area (Å²) in [7, 11) is 0. The van der Waals surface area contributed by atoms with Crippen molar-refractivity contribution in [3.05, 3.63) is 63.0 Å². The van der Waals surface area contributed by atoms with Gasteiger partial charge in [0.2, 0.25) is 0 Å². The normalized spacial score (nSPS) is 12.7. The van der Waals surface area contributed by atoms with E-state index in [1.165, 1.54) is 0 Å². The quantitative estimate of drug-likeness (QED) is 0.775. The van der Waals surface area contributed by atoms with Crippen molar-refractivity contribution in [2.45, 2.75) is 19.5 Å². The molecule has 0 fully saturated rings. The van der Waals surface area contributed by atoms with Crippen LogP contribution in [0.3, 0.4) is 0 Å². The van der Waals surface area contributed by atoms with Crippen molar-refractivity contribution in [1.29, 1.82) is 0 Å². The molecule has 3 rings (SSSR count). The summed E-state index contributed by atoms with van der Waals surface area (Å²) >= 11 is 1.59. The lowest BCUT2D eigenvalue weighted by atomic mass is 10.0. The van der Waals surface area contributed by atoms with E-state index in [4.69, 9.17) is 0 Å². The molecule has 0 amide bonds. The van der Waals surface area contributed by atoms with Crippen LogP contribution >= 0.6 is 11.3 Å². The number of nitrogens with zero attached hydrogens (tertiary/aromatic N) is 1. The molecule has 0 bridgehead atoms. The molecule has 2 heterocycles. The molecule has 1 aromatic carbocycles. The first-order valence-corrected chi connectivity index (χ1v) is 7.41. The van der Waals surface area contributed by atoms with Gasteiger partial charge in [-0.15, -0.1) is 11.3 Å². The molecular formula is C15H15N3OS. The van der Waals surface area contributed by atoms with E-state index in [1.807, 2.05) is 35.2 Å². The first kappa shape index (κ1) is 13.0. The van der Waals surface area contributed by atoms with Crippen LogP contribution in [0.5, 0.6) is 0 Å². The SMILES string of the molecule is CC(NCc1cscn1)c1c[nH]c(=O)c2ccccc12. The van der Waals surface area contributed by atoms with Crippen LogP contribution in [0.25, 0.3) is 10.8 Å². The van der Waals surface area contributed by atoms with Crippen molar-refractivity contribution in [1.82, 2.24) is 15.3 Å². The molecule has 0 aliphatic heterocycles. The number of thiazole rings is 1. The van der Waals surface area contributed by atoms with Gasteiger partial charge in [-0.25, -0.2) is 4.98 Å². The van der Waals surface area contributed by atoms with Gasteiger partial charge in [-0.3, -0.25) is 4.79 Å². The smallest absolute Gasteiger partial charge is 0.255 e. The molecule has 1 unspecified atom stereocenters. The Balaban J connectivity index is 1.89. The van der Waals surface area contributed by atoms with Gasteiger partial charge in [0.25, 0.3) is 5.56 Å². The Morgan fingerprint density at radius 1 is 1.35 bits per heavy atom. The highest BCUT2D eigenvalue weighted by atomic mass is 32.1. The van der Waals surface area contributed by atoms with Crippen LogP contribution in [-0.2, 0) is 6.54 Å². The van der Waals surface area contributed by atoms with Gasteiger partial charge in [0.05, 0.1) is 11.2 Å². The Morgan fingerprint density at radius 2 is 2.15 bits per heavy atom. The molecule has 4 nitrogen and oxygen atoms in total. The summed E-state index contributed by atoms with van der Waals surface area (Å²) in [6.07, 6.45) is 1.80. The Hall–Kier alpha value is -1.98. The Morgan fingerprint density at radius 3 is 2.90 bits per heavy atom. The van der Waals surface area contributed by atoms with Crippen molar-refractivity contribution < 1.29 is 0 Å². The average molecular weight is 285 g/mol. The summed E-state index contributed by atoms with van der Waals surface area (Å²) in [5.74, 6) is 0. The third kappa shape index (κ3) is 2.50. The predicted molar refractivity (Wildman–Crippen MR) is 81.9 cm³/mol. The fourth-order valence-corrected chi connectivity index (χ4v) is 2.84. The highest BCUT2D eigenvalue weighted by molar-refractivity contribution is 7.07. The molecule has 2 aromatic heterocycles. The lowest BCUT2D eigenvalue weighted by Gasteiger charge is -2.15. The molecule has 0 saturated heterocycles. The molecule has 3 aromatic rings. The zero-order valence-corrected chi connectivity index (χ0v) is 11.9. The lowest BCUT2D eigenvalue weighted by Crippen LogP contribution is -2.20. The van der Waals surface area contributed by atoms with Gasteiger partial charge in [-0.05, 0) is 23.9 Å². The monoisotopic (exact) mass is 285 g/mol. The number of pyridine rings is 1. The van der Waals surface area contributed by atoms with Crippen molar-refractivity contribution >= 4 is 22.1 Å². The highest BCUT2D eigenvalue weighted by Crippen LogP contribution is 2.21. The molecule has 20 heavy (non-hydrogen) atoms. The second-order valence-corrected chi connectivity index (χ2v) is 5.42. The number of hydrogen-bond donors (Lipinski definition) is 2. The maximum absolute atomic E-state index is 11.8. The zero-order chi connectivity index (χ0) is 13.9. The molecule has 0 aliphatic rings. The molecule has 2 N–H and O–H groups in total. The number of hydrogen-bond acceptors (Lipinski definition) is 4. The third-order valence-corrected chi connectivity index (χ3v) is 4.02. The van der Waals surface area contributed by atoms with E-state index in [0.29, 0.717) is 0 Å². The lowest BCUT2D eigenvalue weighted by molar-refractivity contribution is 0.571. The summed E-state index contributed by atoms with van der Waals surface area (Å²) in [6.45, 7) is 2.81. The van der Waals surface area contributed by atoms with E-state index in [1.54, 1.807) is 17.5 Å². The predicted octanol–water partition coefficient (Wildman–Crippen LogP) is 2.84. The average Bonchev–Trinajstić information content (AvgIpc) is 2.99. The van der Waals surface area contributed by atoms with Gasteiger partial charge in [0.1, 0.15) is 0 Å². The molecule has 0 spiro atoms. The number of rotatable bonds is 4. The van der Waals surface area contributed by atoms with Crippen molar-refractivity contribution in [2.75, 3.05) is 0 Å². The first-order valence-electron chi connectivity index (χ1n) is 6.46. The van der Waals surface area contributed by atoms with Crippen LogP contribution in [0.15, 0.2) is 46.1 Å². The highest BCUT2D eigenvalue weighted by Gasteiger charge is 2.11. The fraction of sp³-hybridized carbons (Fsp3) is 0.200. The fourth-order valence-electron chi connectivity index (χ4n) is 2.28. The van der Waals surface area contributed by atoms with Gasteiger partial charge >= 0.3 is 0 Å². The van der Waals surface area contributed by atoms with Crippen LogP contribution in [0.2, 0.25) is 0 Å². The summed E-state index contributed by atoms with van der Waals surface area (Å²) < 4.78 is 0. The largest absolute Gasteiger partial charge is 0.328 e. The number of fused-ring (bicyclic) bond motifs is 1. The Bertz CT molecular complexity index is 764. The van der Waals surface area contributed by atoms with E-state index in [-0.39, 0.29) is 11.6 Å². The molecule has 5 heteroatoms. The van der Waals surface area contributed by atoms with Crippen molar-refractivity contribution in [3.63, 3.8) is 0 Å². The minimum absolute atomic E-state index is 0.0453. The van der Waals surface area contributed by atoms with Gasteiger partial charge in [-0.2, -0.15) is 0 Å². The van der Waals surface area contributed by atoms with E-state index >= 15 is 0 Å². The number of aromatic amines is 1. The van der Waals surface area contributed by atoms with Crippen LogP contribution in [0.1, 0.15) is 24.2 Å². The van der Waals surface area contributed by atoms with E-state index < -0.39 is 0 Å². The second-order valence-electron chi connectivity index (χ2n) is 4.70. The Kier molecular flexibility index (Phi) is 3.62. The molecule has 0 radical (unpaired) electrons. The summed E-state index contributed by atoms with van der Waals surface area (Å²) in [6, 6.07) is 7.82. The second kappa shape index (κ2) is 5.56. The number of nitrogens with one attached hydrogen (secondary N) is 2. The summed E-state index contributed by atoms with van der Waals surface area (Å²) in [4.78, 5) is 18.9. The van der Waals surface area contributed by atoms with Gasteiger partial charge in [0, 0.05) is 29.5 Å². The molecular weight excluding hydrogens is 270 g/mol. The number of H-pyrrole nitrogens is 1. The minimum atomic E-state index is -0.0453. The van der Waals surface area contributed by atoms with Crippen molar-refractivity contribution in [2.24, 2.45) is 0 Å². The summed E-state index contributed by atoms with van der Waals surface area (Å²) in [5.41, 5.74) is 3.92. The molecule has 0 saturated carbocycles. The molecule has 1 atom stereocenters. The standard InChI is InChI=1S/C15H15N3OS/c1-10(16-6-11-8-20-9-18-11)14-7-17-15(19)13-5-3-2-4-12(13)14/h2-5,7-10,16H,6H2,1H3,(H,17,19). The van der Waals surface area contributed by atoms with Crippen LogP contribution < -0.4 is 10.9 Å². The van der Waals surface area contributed by atoms with Crippen LogP contribution in [-0.4, -0.2) is 9.97 Å². The molecule has 102 valence electrons. The zero-order valence-electron chi connectivity index (χ0n) is 11.1. The third-order valence-electron chi connectivity index (χ3n) is 3.38. The maximum Gasteiger partial charge on any atom is 0.255 e. The van der Waals surface area contributed by atoms with E-state index in [0.717, 1.165) is 28.6 Å². The van der Waals surface area contributed by atoms with Crippen LogP contribution in [0, 0.1) is 0 Å². The number of aromatic nitrogens is 2. The van der Waals surface area contributed by atoms with Crippen LogP contribution in [0.4, 0.5) is 0 Å². The van der Waals surface area contributed by atoms with Gasteiger partial charge in [0.15, 0.2) is 0 Å².